The highest BCUT2D eigenvalue weighted by atomic mass is 79.9. The number of aryl methyl sites for hydroxylation is 1. The molecule has 0 amide bonds. The lowest BCUT2D eigenvalue weighted by molar-refractivity contribution is -0.274. The highest BCUT2D eigenvalue weighted by Gasteiger charge is 2.31. The molecule has 1 heterocycles. The Hall–Kier alpha value is -1.58. The van der Waals surface area contributed by atoms with Gasteiger partial charge in [0, 0.05) is 10.0 Å². The first-order chi connectivity index (χ1) is 13.3. The topological polar surface area (TPSA) is 29.5 Å². The molecule has 0 aliphatic heterocycles. The van der Waals surface area contributed by atoms with Crippen LogP contribution >= 0.6 is 27.3 Å². The van der Waals surface area contributed by atoms with Gasteiger partial charge in [-0.2, -0.15) is 0 Å². The summed E-state index contributed by atoms with van der Waals surface area (Å²) in [5, 5.41) is 2.59. The van der Waals surface area contributed by atoms with Gasteiger partial charge in [0.05, 0.1) is 12.3 Å². The first kappa shape index (κ1) is 21.1. The van der Waals surface area contributed by atoms with Crippen molar-refractivity contribution in [2.45, 2.75) is 19.8 Å². The van der Waals surface area contributed by atoms with Gasteiger partial charge in [-0.1, -0.05) is 46.3 Å². The Kier molecular flexibility index (Phi) is 6.67. The summed E-state index contributed by atoms with van der Waals surface area (Å²) in [5.41, 5.74) is 1.79. The quantitative estimate of drug-likeness (QED) is 0.369. The Labute approximate surface area is 175 Å². The largest absolute Gasteiger partial charge is 0.573 e. The van der Waals surface area contributed by atoms with Crippen molar-refractivity contribution in [3.8, 4) is 5.75 Å². The van der Waals surface area contributed by atoms with Crippen LogP contribution in [0.15, 0.2) is 48.5 Å². The van der Waals surface area contributed by atoms with E-state index in [1.165, 1.54) is 12.1 Å². The summed E-state index contributed by atoms with van der Waals surface area (Å²) in [6.07, 6.45) is -4.72. The molecule has 1 aromatic heterocycles. The van der Waals surface area contributed by atoms with Gasteiger partial charge in [0.2, 0.25) is 0 Å². The number of ether oxygens (including phenoxy) is 1. The second-order valence-electron chi connectivity index (χ2n) is 5.97. The van der Waals surface area contributed by atoms with Crippen LogP contribution in [-0.4, -0.2) is 21.7 Å². The van der Waals surface area contributed by atoms with Crippen LogP contribution in [0.2, 0.25) is 0 Å². The molecule has 0 radical (unpaired) electrons. The molecule has 9 heteroatoms. The number of benzene rings is 2. The van der Waals surface area contributed by atoms with E-state index in [1.54, 1.807) is 27.8 Å². The highest BCUT2D eigenvalue weighted by Crippen LogP contribution is 2.39. The number of hydrogen-bond acceptors (Lipinski definition) is 3. The molecule has 1 unspecified atom stereocenters. The van der Waals surface area contributed by atoms with Crippen LogP contribution in [0.25, 0.3) is 10.1 Å². The van der Waals surface area contributed by atoms with Crippen LogP contribution in [0.4, 0.5) is 18.2 Å². The van der Waals surface area contributed by atoms with Crippen molar-refractivity contribution in [2.24, 2.45) is 0 Å². The van der Waals surface area contributed by atoms with Crippen LogP contribution in [0.1, 0.15) is 11.1 Å². The molecule has 3 aromatic rings. The Balaban J connectivity index is 1.90. The molecule has 0 aliphatic carbocycles. The Morgan fingerprint density at radius 2 is 1.82 bits per heavy atom. The Bertz CT molecular complexity index is 973. The Morgan fingerprint density at radius 1 is 1.14 bits per heavy atom. The molecule has 1 atom stereocenters. The zero-order valence-corrected chi connectivity index (χ0v) is 18.1. The average Bonchev–Trinajstić information content (AvgIpc) is 2.97. The minimum atomic E-state index is -4.72. The maximum Gasteiger partial charge on any atom is 0.573 e. The first-order valence-corrected chi connectivity index (χ1v) is 11.5. The van der Waals surface area contributed by atoms with E-state index in [-0.39, 0.29) is 5.75 Å². The molecular weight excluding hydrogens is 475 g/mol. The lowest BCUT2D eigenvalue weighted by atomic mass is 10.2. The summed E-state index contributed by atoms with van der Waals surface area (Å²) < 4.78 is 56.7. The molecule has 0 fully saturated rings. The lowest BCUT2D eigenvalue weighted by Crippen LogP contribution is -2.27. The van der Waals surface area contributed by atoms with Gasteiger partial charge in [-0.15, -0.1) is 24.5 Å². The molecule has 0 saturated carbocycles. The molecule has 28 heavy (non-hydrogen) atoms. The zero-order valence-electron chi connectivity index (χ0n) is 14.8. The predicted octanol–water partition coefficient (Wildman–Crippen LogP) is 6.17. The summed E-state index contributed by atoms with van der Waals surface area (Å²) in [7, 11) is -1.28. The first-order valence-electron chi connectivity index (χ1n) is 8.33. The predicted molar refractivity (Wildman–Crippen MR) is 113 cm³/mol. The molecular formula is C19H17BrF3NO2S2. The molecule has 150 valence electrons. The number of halogens is 4. The minimum Gasteiger partial charge on any atom is -0.406 e. The van der Waals surface area contributed by atoms with E-state index >= 15 is 0 Å². The molecule has 3 nitrogen and oxygen atoms in total. The molecule has 0 N–H and O–H groups in total. The fourth-order valence-corrected chi connectivity index (χ4v) is 6.05. The third-order valence-electron chi connectivity index (χ3n) is 4.03. The lowest BCUT2D eigenvalue weighted by Gasteiger charge is -2.23. The van der Waals surface area contributed by atoms with E-state index < -0.39 is 17.3 Å². The van der Waals surface area contributed by atoms with Gasteiger partial charge in [-0.3, -0.25) is 4.31 Å². The van der Waals surface area contributed by atoms with E-state index in [0.29, 0.717) is 17.6 Å². The number of nitrogens with zero attached hydrogens (tertiary/aromatic N) is 1. The average molecular weight is 492 g/mol. The van der Waals surface area contributed by atoms with Crippen LogP contribution in [-0.2, 0) is 17.5 Å². The van der Waals surface area contributed by atoms with Crippen molar-refractivity contribution in [3.05, 3.63) is 59.7 Å². The van der Waals surface area contributed by atoms with Gasteiger partial charge in [-0.05, 0) is 41.6 Å². The summed E-state index contributed by atoms with van der Waals surface area (Å²) in [4.78, 5) is 0. The summed E-state index contributed by atoms with van der Waals surface area (Å²) in [6, 6.07) is 13.6. The van der Waals surface area contributed by atoms with Gasteiger partial charge >= 0.3 is 6.36 Å². The third kappa shape index (κ3) is 5.07. The number of anilines is 1. The van der Waals surface area contributed by atoms with E-state index in [1.807, 2.05) is 31.2 Å². The number of hydrogen-bond donors (Lipinski definition) is 0. The van der Waals surface area contributed by atoms with Crippen molar-refractivity contribution in [3.63, 3.8) is 0 Å². The molecule has 0 aliphatic rings. The van der Waals surface area contributed by atoms with E-state index in [4.69, 9.17) is 0 Å². The molecule has 2 aromatic carbocycles. The van der Waals surface area contributed by atoms with Gasteiger partial charge in [0.1, 0.15) is 21.7 Å². The van der Waals surface area contributed by atoms with Gasteiger partial charge < -0.3 is 4.74 Å². The zero-order chi connectivity index (χ0) is 20.3. The van der Waals surface area contributed by atoms with Crippen molar-refractivity contribution < 1.29 is 22.1 Å². The minimum absolute atomic E-state index is 0.276. The number of fused-ring (bicyclic) bond motifs is 1. The molecule has 3 rings (SSSR count). The maximum atomic E-state index is 12.9. The summed E-state index contributed by atoms with van der Waals surface area (Å²) in [6.45, 7) is 2.31. The van der Waals surface area contributed by atoms with E-state index in [9.17, 15) is 17.4 Å². The van der Waals surface area contributed by atoms with Gasteiger partial charge in [0.25, 0.3) is 0 Å². The number of thiophene rings is 1. The number of rotatable bonds is 7. The third-order valence-corrected chi connectivity index (χ3v) is 7.72. The standard InChI is InChI=1S/C19H17BrF3NO2S2/c1-13-16-4-2-3-5-17(16)27-18(13)24(28(25)11-10-20)12-14-6-8-15(9-7-14)26-19(21,22)23/h2-9H,10-12H2,1H3. The second-order valence-corrected chi connectivity index (χ2v) is 9.29. The normalized spacial score (nSPS) is 12.9. The van der Waals surface area contributed by atoms with Crippen molar-refractivity contribution in [1.29, 1.82) is 0 Å². The van der Waals surface area contributed by atoms with E-state index in [0.717, 1.165) is 26.2 Å². The summed E-state index contributed by atoms with van der Waals surface area (Å²) in [5.74, 6) is 0.158. The monoisotopic (exact) mass is 491 g/mol. The Morgan fingerprint density at radius 3 is 2.43 bits per heavy atom. The summed E-state index contributed by atoms with van der Waals surface area (Å²) >= 11 is 4.89. The van der Waals surface area contributed by atoms with Crippen LogP contribution in [0, 0.1) is 6.92 Å². The highest BCUT2D eigenvalue weighted by molar-refractivity contribution is 9.09. The van der Waals surface area contributed by atoms with Crippen molar-refractivity contribution >= 4 is 53.3 Å². The maximum absolute atomic E-state index is 12.9. The van der Waals surface area contributed by atoms with Gasteiger partial charge in [-0.25, -0.2) is 4.21 Å². The van der Waals surface area contributed by atoms with E-state index in [2.05, 4.69) is 20.7 Å². The smallest absolute Gasteiger partial charge is 0.406 e. The molecule has 0 spiro atoms. The second kappa shape index (κ2) is 8.84. The van der Waals surface area contributed by atoms with Crippen LogP contribution < -0.4 is 9.04 Å². The van der Waals surface area contributed by atoms with Crippen LogP contribution in [0.3, 0.4) is 0 Å². The van der Waals surface area contributed by atoms with Gasteiger partial charge in [0.15, 0.2) is 0 Å². The SMILES string of the molecule is Cc1c(N(Cc2ccc(OC(F)(F)F)cc2)S(=O)CCBr)sc2ccccc12. The fourth-order valence-electron chi connectivity index (χ4n) is 2.77. The molecule has 0 bridgehead atoms. The van der Waals surface area contributed by atoms with Crippen LogP contribution in [0.5, 0.6) is 5.75 Å². The fraction of sp³-hybridized carbons (Fsp3) is 0.263. The number of alkyl halides is 4. The van der Waals surface area contributed by atoms with Crippen molar-refractivity contribution in [2.75, 3.05) is 15.4 Å². The van der Waals surface area contributed by atoms with Crippen molar-refractivity contribution in [1.82, 2.24) is 0 Å². The molecule has 0 saturated heterocycles.